The Hall–Kier alpha value is -3.19. The number of rotatable bonds is 3. The molecule has 29 heavy (non-hydrogen) atoms. The molecule has 2 aliphatic rings. The summed E-state index contributed by atoms with van der Waals surface area (Å²) in [6, 6.07) is 14.0. The maximum Gasteiger partial charge on any atom is 0.326 e. The summed E-state index contributed by atoms with van der Waals surface area (Å²) in [6.45, 7) is 3.65. The minimum Gasteiger partial charge on any atom is -0.378 e. The van der Waals surface area contributed by atoms with Crippen LogP contribution in [0.3, 0.4) is 0 Å². The number of carbonyl (C=O) groups is 2. The van der Waals surface area contributed by atoms with Crippen LogP contribution in [0.15, 0.2) is 65.9 Å². The molecule has 0 bridgehead atoms. The smallest absolute Gasteiger partial charge is 0.326 e. The van der Waals surface area contributed by atoms with E-state index in [1.54, 1.807) is 24.0 Å². The number of amides is 3. The van der Waals surface area contributed by atoms with E-state index in [1.165, 1.54) is 17.0 Å². The average molecular weight is 395 g/mol. The van der Waals surface area contributed by atoms with Crippen molar-refractivity contribution in [2.75, 3.05) is 31.2 Å². The lowest BCUT2D eigenvalue weighted by molar-refractivity contribution is -0.131. The molecular weight excluding hydrogens is 373 g/mol. The second-order valence-corrected chi connectivity index (χ2v) is 7.01. The third kappa shape index (κ3) is 3.73. The maximum absolute atomic E-state index is 13.9. The third-order valence-corrected chi connectivity index (χ3v) is 5.21. The number of nitrogens with zero attached hydrogens (tertiary/aromatic N) is 2. The first-order valence-electron chi connectivity index (χ1n) is 9.55. The van der Waals surface area contributed by atoms with Crippen molar-refractivity contribution >= 4 is 17.6 Å². The van der Waals surface area contributed by atoms with E-state index in [1.807, 2.05) is 30.3 Å². The molecule has 0 saturated carbocycles. The average Bonchev–Trinajstić information content (AvgIpc) is 2.74. The van der Waals surface area contributed by atoms with Gasteiger partial charge in [-0.3, -0.25) is 9.69 Å². The van der Waals surface area contributed by atoms with Crippen molar-refractivity contribution in [1.29, 1.82) is 0 Å². The van der Waals surface area contributed by atoms with Crippen molar-refractivity contribution in [3.63, 3.8) is 0 Å². The number of morpholine rings is 1. The van der Waals surface area contributed by atoms with Gasteiger partial charge in [0.1, 0.15) is 5.82 Å². The summed E-state index contributed by atoms with van der Waals surface area (Å²) in [5.41, 5.74) is 2.15. The first kappa shape index (κ1) is 19.1. The number of ether oxygens (including phenoxy) is 1. The van der Waals surface area contributed by atoms with Gasteiger partial charge in [0.2, 0.25) is 0 Å². The summed E-state index contributed by atoms with van der Waals surface area (Å²) >= 11 is 0. The topological polar surface area (TPSA) is 61.9 Å². The van der Waals surface area contributed by atoms with Crippen LogP contribution in [-0.4, -0.2) is 43.1 Å². The quantitative estimate of drug-likeness (QED) is 0.868. The van der Waals surface area contributed by atoms with Gasteiger partial charge in [-0.25, -0.2) is 9.18 Å². The Morgan fingerprint density at radius 1 is 1.10 bits per heavy atom. The van der Waals surface area contributed by atoms with E-state index in [0.29, 0.717) is 48.8 Å². The second-order valence-electron chi connectivity index (χ2n) is 7.01. The van der Waals surface area contributed by atoms with Crippen LogP contribution < -0.4 is 10.2 Å². The Kier molecular flexibility index (Phi) is 5.31. The summed E-state index contributed by atoms with van der Waals surface area (Å²) in [6.07, 6.45) is 0. The Bertz CT molecular complexity index is 955. The lowest BCUT2D eigenvalue weighted by Crippen LogP contribution is -2.51. The normalized spacial score (nSPS) is 19.9. The maximum atomic E-state index is 13.9. The number of hydrogen-bond acceptors (Lipinski definition) is 3. The molecule has 150 valence electrons. The highest BCUT2D eigenvalue weighted by molar-refractivity contribution is 6.04. The van der Waals surface area contributed by atoms with E-state index < -0.39 is 11.9 Å². The molecule has 3 amide bonds. The van der Waals surface area contributed by atoms with Crippen LogP contribution in [0.5, 0.6) is 0 Å². The number of allylic oxidation sites excluding steroid dienone is 1. The fourth-order valence-electron chi connectivity index (χ4n) is 3.78. The van der Waals surface area contributed by atoms with Gasteiger partial charge in [0.15, 0.2) is 0 Å². The van der Waals surface area contributed by atoms with Crippen LogP contribution >= 0.6 is 0 Å². The largest absolute Gasteiger partial charge is 0.378 e. The SMILES string of the molecule is CC1=C(C(=O)N2CCOCC2)C(c2cccc(F)c2)NC(=O)N1c1ccccc1. The summed E-state index contributed by atoms with van der Waals surface area (Å²) in [5, 5.41) is 2.89. The Balaban J connectivity index is 1.82. The van der Waals surface area contributed by atoms with Gasteiger partial charge in [-0.05, 0) is 36.8 Å². The van der Waals surface area contributed by atoms with Crippen LogP contribution in [0.25, 0.3) is 0 Å². The van der Waals surface area contributed by atoms with E-state index in [0.717, 1.165) is 0 Å². The van der Waals surface area contributed by atoms with Gasteiger partial charge in [0.05, 0.1) is 30.5 Å². The zero-order valence-electron chi connectivity index (χ0n) is 16.1. The summed E-state index contributed by atoms with van der Waals surface area (Å²) < 4.78 is 19.2. The standard InChI is InChI=1S/C22H22FN3O3/c1-15-19(21(27)25-10-12-29-13-11-25)20(16-6-5-7-17(23)14-16)24-22(28)26(15)18-8-3-2-4-9-18/h2-9,14,20H,10-13H2,1H3,(H,24,28). The molecule has 1 atom stereocenters. The highest BCUT2D eigenvalue weighted by atomic mass is 19.1. The number of nitrogens with one attached hydrogen (secondary N) is 1. The van der Waals surface area contributed by atoms with Gasteiger partial charge in [0.25, 0.3) is 5.91 Å². The lowest BCUT2D eigenvalue weighted by atomic mass is 9.93. The number of hydrogen-bond donors (Lipinski definition) is 1. The molecule has 0 aromatic heterocycles. The summed E-state index contributed by atoms with van der Waals surface area (Å²) in [5.74, 6) is -0.598. The fourth-order valence-corrected chi connectivity index (χ4v) is 3.78. The number of carbonyl (C=O) groups excluding carboxylic acids is 2. The zero-order valence-corrected chi connectivity index (χ0v) is 16.1. The number of anilines is 1. The second kappa shape index (κ2) is 8.05. The molecule has 0 aliphatic carbocycles. The minimum absolute atomic E-state index is 0.180. The lowest BCUT2D eigenvalue weighted by Gasteiger charge is -2.38. The van der Waals surface area contributed by atoms with Gasteiger partial charge in [-0.2, -0.15) is 0 Å². The zero-order chi connectivity index (χ0) is 20.4. The van der Waals surface area contributed by atoms with Gasteiger partial charge in [-0.15, -0.1) is 0 Å². The minimum atomic E-state index is -0.728. The molecule has 0 spiro atoms. The van der Waals surface area contributed by atoms with Crippen LogP contribution in [0.1, 0.15) is 18.5 Å². The highest BCUT2D eigenvalue weighted by Crippen LogP contribution is 2.34. The monoisotopic (exact) mass is 395 g/mol. The Morgan fingerprint density at radius 2 is 1.83 bits per heavy atom. The number of para-hydroxylation sites is 1. The molecule has 1 fully saturated rings. The van der Waals surface area contributed by atoms with Crippen molar-refractivity contribution < 1.29 is 18.7 Å². The Morgan fingerprint density at radius 3 is 2.52 bits per heavy atom. The van der Waals surface area contributed by atoms with Crippen molar-refractivity contribution in [3.05, 3.63) is 77.2 Å². The molecule has 2 heterocycles. The molecule has 7 heteroatoms. The molecule has 6 nitrogen and oxygen atoms in total. The molecule has 1 saturated heterocycles. The van der Waals surface area contributed by atoms with Crippen LogP contribution in [0.4, 0.5) is 14.9 Å². The van der Waals surface area contributed by atoms with Crippen LogP contribution in [-0.2, 0) is 9.53 Å². The van der Waals surface area contributed by atoms with E-state index in [-0.39, 0.29) is 11.9 Å². The molecule has 2 aromatic carbocycles. The molecule has 1 unspecified atom stereocenters. The third-order valence-electron chi connectivity index (χ3n) is 5.21. The molecule has 2 aromatic rings. The van der Waals surface area contributed by atoms with Crippen molar-refractivity contribution in [2.24, 2.45) is 0 Å². The number of halogens is 1. The van der Waals surface area contributed by atoms with Gasteiger partial charge in [-0.1, -0.05) is 30.3 Å². The predicted octanol–water partition coefficient (Wildman–Crippen LogP) is 3.23. The van der Waals surface area contributed by atoms with E-state index in [4.69, 9.17) is 4.74 Å². The van der Waals surface area contributed by atoms with Crippen molar-refractivity contribution in [2.45, 2.75) is 13.0 Å². The van der Waals surface area contributed by atoms with Crippen LogP contribution in [0.2, 0.25) is 0 Å². The van der Waals surface area contributed by atoms with Crippen molar-refractivity contribution in [3.8, 4) is 0 Å². The number of benzene rings is 2. The van der Waals surface area contributed by atoms with E-state index in [2.05, 4.69) is 5.32 Å². The molecule has 0 radical (unpaired) electrons. The van der Waals surface area contributed by atoms with Crippen molar-refractivity contribution in [1.82, 2.24) is 10.2 Å². The summed E-state index contributed by atoms with van der Waals surface area (Å²) in [7, 11) is 0. The van der Waals surface area contributed by atoms with E-state index in [9.17, 15) is 14.0 Å². The first-order valence-corrected chi connectivity index (χ1v) is 9.55. The molecule has 4 rings (SSSR count). The van der Waals surface area contributed by atoms with Crippen LogP contribution in [0, 0.1) is 5.82 Å². The number of urea groups is 1. The Labute approximate surface area is 168 Å². The fraction of sp³-hybridized carbons (Fsp3) is 0.273. The first-order chi connectivity index (χ1) is 14.1. The molecule has 1 N–H and O–H groups in total. The molecule has 2 aliphatic heterocycles. The van der Waals surface area contributed by atoms with Gasteiger partial charge in [0, 0.05) is 18.8 Å². The summed E-state index contributed by atoms with van der Waals surface area (Å²) in [4.78, 5) is 29.6. The molecular formula is C22H22FN3O3. The predicted molar refractivity (Wildman–Crippen MR) is 107 cm³/mol. The van der Waals surface area contributed by atoms with E-state index >= 15 is 0 Å². The highest BCUT2D eigenvalue weighted by Gasteiger charge is 2.38. The van der Waals surface area contributed by atoms with Gasteiger partial charge < -0.3 is 15.0 Å². The van der Waals surface area contributed by atoms with Gasteiger partial charge >= 0.3 is 6.03 Å².